The maximum absolute atomic E-state index is 11.3. The van der Waals surface area contributed by atoms with Gasteiger partial charge in [-0.05, 0) is 19.3 Å². The maximum Gasteiger partial charge on any atom is 0.319 e. The number of hydrogen-bond acceptors (Lipinski definition) is 5. The molecule has 4 N–H and O–H groups in total. The van der Waals surface area contributed by atoms with Gasteiger partial charge in [-0.2, -0.15) is 4.98 Å². The molecule has 0 aliphatic heterocycles. The second-order valence-electron chi connectivity index (χ2n) is 4.24. The Morgan fingerprint density at radius 2 is 2.31 bits per heavy atom. The fourth-order valence-corrected chi connectivity index (χ4v) is 2.60. The lowest BCUT2D eigenvalue weighted by molar-refractivity contribution is -0.139. The average molecular weight is 244 g/mol. The third kappa shape index (κ3) is 3.13. The van der Waals surface area contributed by atoms with Gasteiger partial charge in [-0.15, -0.1) is 5.10 Å². The van der Waals surface area contributed by atoms with Crippen molar-refractivity contribution < 1.29 is 9.90 Å². The van der Waals surface area contributed by atoms with Crippen LogP contribution in [0.15, 0.2) is 5.16 Å². The summed E-state index contributed by atoms with van der Waals surface area (Å²) < 4.78 is -0.928. The number of aliphatic carboxylic acids is 1. The molecule has 0 saturated heterocycles. The molecular weight excluding hydrogens is 228 g/mol. The summed E-state index contributed by atoms with van der Waals surface area (Å²) in [5.41, 5.74) is 5.38. The number of carboxylic acid groups (broad SMARTS) is 1. The smallest absolute Gasteiger partial charge is 0.319 e. The standard InChI is InChI=1S/C9H16N4O2S/c1-5(2)4-9(3,6(14)15)16-8-11-7(10)12-13-8/h5H,4H2,1-3H3,(H,14,15)(H3,10,11,12,13). The van der Waals surface area contributed by atoms with Crippen LogP contribution in [0.5, 0.6) is 0 Å². The predicted molar refractivity (Wildman–Crippen MR) is 62.1 cm³/mol. The van der Waals surface area contributed by atoms with Crippen LogP contribution >= 0.6 is 11.8 Å². The highest BCUT2D eigenvalue weighted by atomic mass is 32.2. The van der Waals surface area contributed by atoms with Gasteiger partial charge in [0.2, 0.25) is 11.1 Å². The number of anilines is 1. The molecule has 1 unspecified atom stereocenters. The van der Waals surface area contributed by atoms with Crippen LogP contribution in [0, 0.1) is 5.92 Å². The third-order valence-corrected chi connectivity index (χ3v) is 3.21. The van der Waals surface area contributed by atoms with E-state index in [-0.39, 0.29) is 11.9 Å². The molecule has 0 aliphatic carbocycles. The van der Waals surface area contributed by atoms with Crippen LogP contribution in [-0.4, -0.2) is 31.0 Å². The van der Waals surface area contributed by atoms with Gasteiger partial charge < -0.3 is 10.8 Å². The summed E-state index contributed by atoms with van der Waals surface area (Å²) in [6.07, 6.45) is 0.543. The Labute approximate surface area is 98.0 Å². The molecule has 1 aromatic rings. The summed E-state index contributed by atoms with van der Waals surface area (Å²) in [6, 6.07) is 0. The largest absolute Gasteiger partial charge is 0.480 e. The van der Waals surface area contributed by atoms with E-state index in [0.717, 1.165) is 11.8 Å². The van der Waals surface area contributed by atoms with E-state index in [1.165, 1.54) is 0 Å². The number of aromatic nitrogens is 3. The molecule has 1 atom stereocenters. The van der Waals surface area contributed by atoms with Crippen molar-refractivity contribution in [3.05, 3.63) is 0 Å². The first kappa shape index (κ1) is 12.8. The molecule has 6 nitrogen and oxygen atoms in total. The number of carboxylic acids is 1. The Morgan fingerprint density at radius 3 is 2.69 bits per heavy atom. The Kier molecular flexibility index (Phi) is 3.79. The lowest BCUT2D eigenvalue weighted by atomic mass is 9.98. The van der Waals surface area contributed by atoms with Gasteiger partial charge in [-0.25, -0.2) is 5.10 Å². The van der Waals surface area contributed by atoms with Crippen molar-refractivity contribution in [1.82, 2.24) is 15.2 Å². The lowest BCUT2D eigenvalue weighted by Crippen LogP contribution is -2.33. The van der Waals surface area contributed by atoms with Gasteiger partial charge in [0.15, 0.2) is 0 Å². The second-order valence-corrected chi connectivity index (χ2v) is 5.71. The van der Waals surface area contributed by atoms with Gasteiger partial charge in [-0.3, -0.25) is 4.79 Å². The topological polar surface area (TPSA) is 105 Å². The van der Waals surface area contributed by atoms with Crippen molar-refractivity contribution in [3.63, 3.8) is 0 Å². The molecule has 7 heteroatoms. The van der Waals surface area contributed by atoms with Crippen LogP contribution in [0.3, 0.4) is 0 Å². The Balaban J connectivity index is 2.82. The Morgan fingerprint density at radius 1 is 1.69 bits per heavy atom. The molecule has 0 bridgehead atoms. The van der Waals surface area contributed by atoms with Gasteiger partial charge in [0.1, 0.15) is 4.75 Å². The minimum atomic E-state index is -0.928. The molecule has 90 valence electrons. The summed E-state index contributed by atoms with van der Waals surface area (Å²) in [5.74, 6) is -0.390. The molecule has 0 fully saturated rings. The number of rotatable bonds is 5. The molecular formula is C9H16N4O2S. The van der Waals surface area contributed by atoms with E-state index in [1.807, 2.05) is 13.8 Å². The molecule has 0 radical (unpaired) electrons. The van der Waals surface area contributed by atoms with E-state index < -0.39 is 10.7 Å². The molecule has 1 rings (SSSR count). The molecule has 16 heavy (non-hydrogen) atoms. The zero-order chi connectivity index (χ0) is 12.3. The number of nitrogens with one attached hydrogen (secondary N) is 1. The van der Waals surface area contributed by atoms with Gasteiger partial charge >= 0.3 is 5.97 Å². The third-order valence-electron chi connectivity index (χ3n) is 2.05. The highest BCUT2D eigenvalue weighted by molar-refractivity contribution is 8.01. The van der Waals surface area contributed by atoms with Gasteiger partial charge in [0.25, 0.3) is 0 Å². The van der Waals surface area contributed by atoms with Crippen molar-refractivity contribution in [3.8, 4) is 0 Å². The second kappa shape index (κ2) is 4.73. The fourth-order valence-electron chi connectivity index (χ4n) is 1.46. The number of aromatic amines is 1. The summed E-state index contributed by atoms with van der Waals surface area (Å²) in [5, 5.41) is 15.9. The van der Waals surface area contributed by atoms with E-state index >= 15 is 0 Å². The van der Waals surface area contributed by atoms with E-state index in [4.69, 9.17) is 5.73 Å². The summed E-state index contributed by atoms with van der Waals surface area (Å²) in [4.78, 5) is 15.1. The first-order valence-electron chi connectivity index (χ1n) is 4.94. The number of thioether (sulfide) groups is 1. The van der Waals surface area contributed by atoms with Gasteiger partial charge in [0.05, 0.1) is 0 Å². The molecule has 1 heterocycles. The van der Waals surface area contributed by atoms with Crippen molar-refractivity contribution in [2.75, 3.05) is 5.73 Å². The van der Waals surface area contributed by atoms with Crippen LogP contribution < -0.4 is 5.73 Å². The quantitative estimate of drug-likeness (QED) is 0.675. The van der Waals surface area contributed by atoms with Gasteiger partial charge in [0, 0.05) is 0 Å². The van der Waals surface area contributed by atoms with Crippen LogP contribution in [0.25, 0.3) is 0 Å². The zero-order valence-electron chi connectivity index (χ0n) is 9.52. The summed E-state index contributed by atoms with van der Waals surface area (Å²) in [7, 11) is 0. The van der Waals surface area contributed by atoms with Crippen molar-refractivity contribution in [2.24, 2.45) is 5.92 Å². The van der Waals surface area contributed by atoms with E-state index in [9.17, 15) is 9.90 Å². The van der Waals surface area contributed by atoms with Crippen molar-refractivity contribution in [1.29, 1.82) is 0 Å². The normalized spacial score (nSPS) is 15.0. The van der Waals surface area contributed by atoms with Crippen molar-refractivity contribution in [2.45, 2.75) is 37.1 Å². The van der Waals surface area contributed by atoms with Crippen LogP contribution in [-0.2, 0) is 4.79 Å². The zero-order valence-corrected chi connectivity index (χ0v) is 10.3. The van der Waals surface area contributed by atoms with E-state index in [2.05, 4.69) is 15.2 Å². The van der Waals surface area contributed by atoms with E-state index in [1.54, 1.807) is 6.92 Å². The number of nitrogens with zero attached hydrogens (tertiary/aromatic N) is 2. The average Bonchev–Trinajstić information content (AvgIpc) is 2.49. The predicted octanol–water partition coefficient (Wildman–Crippen LogP) is 1.37. The maximum atomic E-state index is 11.3. The monoisotopic (exact) mass is 244 g/mol. The number of H-pyrrole nitrogens is 1. The molecule has 0 amide bonds. The van der Waals surface area contributed by atoms with Crippen LogP contribution in [0.1, 0.15) is 27.2 Å². The number of hydrogen-bond donors (Lipinski definition) is 3. The summed E-state index contributed by atoms with van der Waals surface area (Å²) >= 11 is 1.12. The molecule has 0 saturated carbocycles. The van der Waals surface area contributed by atoms with Gasteiger partial charge in [-0.1, -0.05) is 25.6 Å². The lowest BCUT2D eigenvalue weighted by Gasteiger charge is -2.24. The number of nitrogen functional groups attached to an aromatic ring is 1. The Bertz CT molecular complexity index is 379. The highest BCUT2D eigenvalue weighted by Gasteiger charge is 2.36. The minimum absolute atomic E-state index is 0.194. The first-order valence-corrected chi connectivity index (χ1v) is 5.75. The minimum Gasteiger partial charge on any atom is -0.480 e. The fraction of sp³-hybridized carbons (Fsp3) is 0.667. The van der Waals surface area contributed by atoms with Crippen LogP contribution in [0.4, 0.5) is 5.95 Å². The number of nitrogens with two attached hydrogens (primary N) is 1. The van der Waals surface area contributed by atoms with E-state index in [0.29, 0.717) is 11.6 Å². The highest BCUT2D eigenvalue weighted by Crippen LogP contribution is 2.36. The molecule has 0 aromatic carbocycles. The summed E-state index contributed by atoms with van der Waals surface area (Å²) in [6.45, 7) is 5.63. The SMILES string of the molecule is CC(C)CC(C)(Sc1n[nH]c(N)n1)C(=O)O. The Hall–Kier alpha value is -1.24. The molecule has 0 spiro atoms. The molecule has 0 aliphatic rings. The molecule has 1 aromatic heterocycles. The van der Waals surface area contributed by atoms with Crippen molar-refractivity contribution >= 4 is 23.7 Å². The first-order chi connectivity index (χ1) is 7.33. The van der Waals surface area contributed by atoms with Crippen LogP contribution in [0.2, 0.25) is 0 Å². The number of carbonyl (C=O) groups is 1.